The molecule has 1 heteroatoms. The summed E-state index contributed by atoms with van der Waals surface area (Å²) in [5, 5.41) is 3.01. The molecule has 0 amide bonds. The van der Waals surface area contributed by atoms with Crippen LogP contribution >= 0.6 is 0 Å². The van der Waals surface area contributed by atoms with E-state index >= 15 is 0 Å². The van der Waals surface area contributed by atoms with Crippen molar-refractivity contribution in [2.24, 2.45) is 0 Å². The topological polar surface area (TPSA) is 0 Å². The van der Waals surface area contributed by atoms with Gasteiger partial charge in [-0.1, -0.05) is 48.7 Å². The van der Waals surface area contributed by atoms with Crippen LogP contribution in [-0.2, 0) is 0 Å². The third-order valence-corrected chi connectivity index (χ3v) is 7.16. The Morgan fingerprint density at radius 2 is 1.79 bits per heavy atom. The first-order chi connectivity index (χ1) is 9.19. The summed E-state index contributed by atoms with van der Waals surface area (Å²) in [7, 11) is -1.27. The molecule has 0 nitrogen and oxygen atoms in total. The molecule has 0 bridgehead atoms. The molecule has 19 heavy (non-hydrogen) atoms. The fourth-order valence-corrected chi connectivity index (χ4v) is 6.15. The largest absolute Gasteiger partial charge is 0.127 e. The van der Waals surface area contributed by atoms with Crippen LogP contribution in [-0.4, -0.2) is 8.80 Å². The Balaban J connectivity index is 2.44. The van der Waals surface area contributed by atoms with Gasteiger partial charge in [0.05, 0.1) is 0 Å². The van der Waals surface area contributed by atoms with Crippen LogP contribution in [0.2, 0.25) is 0 Å². The van der Waals surface area contributed by atoms with Crippen LogP contribution < -0.4 is 10.4 Å². The molecule has 2 aromatic carbocycles. The van der Waals surface area contributed by atoms with Crippen LogP contribution in [0.1, 0.15) is 16.7 Å². The summed E-state index contributed by atoms with van der Waals surface area (Å²) in [5.74, 6) is 0. The van der Waals surface area contributed by atoms with Crippen LogP contribution in [0.3, 0.4) is 0 Å². The average molecular weight is 262 g/mol. The van der Waals surface area contributed by atoms with Gasteiger partial charge in [-0.2, -0.15) is 0 Å². The van der Waals surface area contributed by atoms with E-state index < -0.39 is 8.80 Å². The highest BCUT2D eigenvalue weighted by atomic mass is 28.3. The molecule has 0 aromatic heterocycles. The second kappa shape index (κ2) is 4.36. The number of fused-ring (bicyclic) bond motifs is 3. The van der Waals surface area contributed by atoms with E-state index in [0.717, 1.165) is 0 Å². The molecule has 0 fully saturated rings. The first-order valence-electron chi connectivity index (χ1n) is 6.67. The second-order valence-electron chi connectivity index (χ2n) is 5.20. The Labute approximate surface area is 116 Å². The molecule has 0 saturated carbocycles. The van der Waals surface area contributed by atoms with Gasteiger partial charge in [0.25, 0.3) is 0 Å². The van der Waals surface area contributed by atoms with Gasteiger partial charge in [0.1, 0.15) is 8.80 Å². The van der Waals surface area contributed by atoms with Gasteiger partial charge in [-0.3, -0.25) is 0 Å². The summed E-state index contributed by atoms with van der Waals surface area (Å²) in [5.41, 5.74) is 9.04. The minimum Gasteiger partial charge on any atom is -0.107 e. The third kappa shape index (κ3) is 1.58. The molecule has 3 rings (SSSR count). The number of benzene rings is 2. The minimum atomic E-state index is -1.27. The second-order valence-corrected chi connectivity index (χ2v) is 7.82. The highest BCUT2D eigenvalue weighted by Gasteiger charge is 2.30. The highest BCUT2D eigenvalue weighted by Crippen LogP contribution is 2.28. The number of hydrogen-bond donors (Lipinski definition) is 0. The Morgan fingerprint density at radius 3 is 2.47 bits per heavy atom. The van der Waals surface area contributed by atoms with E-state index in [1.807, 2.05) is 6.08 Å². The monoisotopic (exact) mass is 262 g/mol. The maximum Gasteiger partial charge on any atom is 0.127 e. The Hall–Kier alpha value is -1.86. The van der Waals surface area contributed by atoms with E-state index in [9.17, 15) is 0 Å². The maximum absolute atomic E-state index is 4.10. The molecular weight excluding hydrogens is 244 g/mol. The molecule has 1 atom stereocenters. The predicted octanol–water partition coefficient (Wildman–Crippen LogP) is 2.99. The maximum atomic E-state index is 4.10. The van der Waals surface area contributed by atoms with Crippen molar-refractivity contribution in [3.63, 3.8) is 0 Å². The molecule has 0 N–H and O–H groups in total. The van der Waals surface area contributed by atoms with E-state index in [1.165, 1.54) is 38.2 Å². The molecule has 1 aliphatic heterocycles. The van der Waals surface area contributed by atoms with Gasteiger partial charge < -0.3 is 0 Å². The van der Waals surface area contributed by atoms with Crippen molar-refractivity contribution < 1.29 is 0 Å². The summed E-state index contributed by atoms with van der Waals surface area (Å²) < 4.78 is 0. The fraction of sp³-hybridized carbons (Fsp3) is 0.111. The smallest absolute Gasteiger partial charge is 0.107 e. The van der Waals surface area contributed by atoms with Crippen molar-refractivity contribution >= 4 is 25.2 Å². The summed E-state index contributed by atoms with van der Waals surface area (Å²) >= 11 is 0. The lowest BCUT2D eigenvalue weighted by Gasteiger charge is -2.15. The molecule has 0 radical (unpaired) electrons. The number of aryl methyl sites for hydroxylation is 1. The third-order valence-electron chi connectivity index (χ3n) is 4.27. The average Bonchev–Trinajstić information content (AvgIpc) is 2.74. The minimum absolute atomic E-state index is 1.27. The zero-order chi connectivity index (χ0) is 13.6. The lowest BCUT2D eigenvalue weighted by Crippen LogP contribution is -2.37. The Morgan fingerprint density at radius 1 is 1.05 bits per heavy atom. The van der Waals surface area contributed by atoms with Crippen LogP contribution in [0, 0.1) is 13.8 Å². The van der Waals surface area contributed by atoms with Crippen molar-refractivity contribution in [1.82, 2.24) is 0 Å². The summed E-state index contributed by atoms with van der Waals surface area (Å²) in [6.07, 6.45) is 2.02. The molecule has 0 aliphatic carbocycles. The molecule has 1 aliphatic rings. The SMILES string of the molecule is C=Cc1c(C)c(C)cc2c1[SiH](C=C)c1ccccc1-2. The van der Waals surface area contributed by atoms with Gasteiger partial charge in [-0.05, 0) is 52.0 Å². The van der Waals surface area contributed by atoms with Gasteiger partial charge in [-0.25, -0.2) is 0 Å². The molecule has 0 saturated heterocycles. The van der Waals surface area contributed by atoms with Crippen molar-refractivity contribution in [3.05, 3.63) is 65.9 Å². The van der Waals surface area contributed by atoms with Crippen molar-refractivity contribution in [3.8, 4) is 11.1 Å². The van der Waals surface area contributed by atoms with Gasteiger partial charge in [-0.15, -0.1) is 6.58 Å². The van der Waals surface area contributed by atoms with Gasteiger partial charge in [0.2, 0.25) is 0 Å². The highest BCUT2D eigenvalue weighted by molar-refractivity contribution is 6.93. The van der Waals surface area contributed by atoms with Gasteiger partial charge in [0.15, 0.2) is 0 Å². The Kier molecular flexibility index (Phi) is 2.79. The number of hydrogen-bond acceptors (Lipinski definition) is 0. The summed E-state index contributed by atoms with van der Waals surface area (Å²) in [6.45, 7) is 12.5. The zero-order valence-corrected chi connectivity index (χ0v) is 12.7. The zero-order valence-electron chi connectivity index (χ0n) is 11.5. The predicted molar refractivity (Wildman–Crippen MR) is 88.1 cm³/mol. The molecule has 2 aromatic rings. The first kappa shape index (κ1) is 12.2. The van der Waals surface area contributed by atoms with Crippen molar-refractivity contribution in [1.29, 1.82) is 0 Å². The first-order valence-corrected chi connectivity index (χ1v) is 8.49. The van der Waals surface area contributed by atoms with Crippen molar-refractivity contribution in [2.45, 2.75) is 13.8 Å². The van der Waals surface area contributed by atoms with E-state index in [1.54, 1.807) is 0 Å². The van der Waals surface area contributed by atoms with Gasteiger partial charge >= 0.3 is 0 Å². The van der Waals surface area contributed by atoms with Crippen LogP contribution in [0.4, 0.5) is 0 Å². The van der Waals surface area contributed by atoms with Crippen LogP contribution in [0.15, 0.2) is 49.2 Å². The summed E-state index contributed by atoms with van der Waals surface area (Å²) in [6, 6.07) is 11.1. The van der Waals surface area contributed by atoms with E-state index in [-0.39, 0.29) is 0 Å². The molecular formula is C18H18Si. The molecule has 94 valence electrons. The lowest BCUT2D eigenvalue weighted by molar-refractivity contribution is 1.34. The number of rotatable bonds is 2. The van der Waals surface area contributed by atoms with Gasteiger partial charge in [0, 0.05) is 0 Å². The van der Waals surface area contributed by atoms with E-state index in [2.05, 4.69) is 63.0 Å². The van der Waals surface area contributed by atoms with Crippen LogP contribution in [0.5, 0.6) is 0 Å². The molecule has 0 spiro atoms. The lowest BCUT2D eigenvalue weighted by atomic mass is 9.96. The fourth-order valence-electron chi connectivity index (χ4n) is 3.20. The normalized spacial score (nSPS) is 15.8. The van der Waals surface area contributed by atoms with Crippen LogP contribution in [0.25, 0.3) is 17.2 Å². The van der Waals surface area contributed by atoms with E-state index in [0.29, 0.717) is 0 Å². The quantitative estimate of drug-likeness (QED) is 0.730. The molecule has 1 heterocycles. The Bertz CT molecular complexity index is 695. The standard InChI is InChI=1S/C18H18Si/c1-5-14-13(4)12(3)11-16-15-9-7-8-10-17(15)19(6-2)18(14)16/h5-11,19H,1-2H2,3-4H3. The van der Waals surface area contributed by atoms with E-state index in [4.69, 9.17) is 0 Å². The summed E-state index contributed by atoms with van der Waals surface area (Å²) in [4.78, 5) is 0. The van der Waals surface area contributed by atoms with Crippen molar-refractivity contribution in [2.75, 3.05) is 0 Å². The molecule has 1 unspecified atom stereocenters.